The van der Waals surface area contributed by atoms with Crippen LogP contribution < -0.4 is 14.4 Å². The van der Waals surface area contributed by atoms with Gasteiger partial charge in [0.05, 0.1) is 17.6 Å². The summed E-state index contributed by atoms with van der Waals surface area (Å²) in [5.74, 6) is 1.08. The second kappa shape index (κ2) is 9.50. The van der Waals surface area contributed by atoms with Crippen LogP contribution in [0.3, 0.4) is 0 Å². The molecule has 0 saturated carbocycles. The molecule has 1 N–H and O–H groups in total. The lowest BCUT2D eigenvalue weighted by Crippen LogP contribution is -2.39. The molecule has 3 rings (SSSR count). The van der Waals surface area contributed by atoms with E-state index in [1.807, 2.05) is 12.1 Å². The molecule has 1 heterocycles. The number of hydrogen-bond acceptors (Lipinski definition) is 5. The molecule has 158 valence electrons. The number of anilines is 2. The van der Waals surface area contributed by atoms with Crippen molar-refractivity contribution in [1.29, 1.82) is 0 Å². The van der Waals surface area contributed by atoms with Gasteiger partial charge < -0.3 is 14.4 Å². The molecule has 1 saturated heterocycles. The maximum Gasteiger partial charge on any atom is 0.261 e. The van der Waals surface area contributed by atoms with Gasteiger partial charge in [0.1, 0.15) is 5.75 Å². The Morgan fingerprint density at radius 3 is 2.41 bits per heavy atom. The number of piperidine rings is 1. The minimum atomic E-state index is -3.65. The number of methoxy groups -OCH3 is 1. The summed E-state index contributed by atoms with van der Waals surface area (Å²) in [7, 11) is -1.91. The zero-order chi connectivity index (χ0) is 20.9. The fourth-order valence-electron chi connectivity index (χ4n) is 3.30. The number of hydrogen-bond donors (Lipinski definition) is 1. The van der Waals surface area contributed by atoms with Crippen molar-refractivity contribution in [2.45, 2.75) is 37.7 Å². The molecule has 1 unspecified atom stereocenters. The van der Waals surface area contributed by atoms with Crippen molar-refractivity contribution in [3.8, 4) is 5.75 Å². The first-order valence-electron chi connectivity index (χ1n) is 10.0. The normalized spacial score (nSPS) is 17.4. The van der Waals surface area contributed by atoms with Crippen molar-refractivity contribution in [1.82, 2.24) is 0 Å². The van der Waals surface area contributed by atoms with E-state index in [1.54, 1.807) is 43.5 Å². The van der Waals surface area contributed by atoms with E-state index in [4.69, 9.17) is 9.47 Å². The van der Waals surface area contributed by atoms with Crippen LogP contribution in [0, 0.1) is 5.92 Å². The second-order valence-electron chi connectivity index (χ2n) is 7.77. The Hall–Kier alpha value is -2.25. The Bertz CT molecular complexity index is 880. The molecule has 2 aromatic carbocycles. The van der Waals surface area contributed by atoms with E-state index < -0.39 is 10.0 Å². The summed E-state index contributed by atoms with van der Waals surface area (Å²) in [6.07, 6.45) is 2.41. The average Bonchev–Trinajstić information content (AvgIpc) is 2.73. The standard InChI is InChI=1S/C22H30N2O4S/c1-17(2)16-28-20-10-12-22(13-11-20)29(25,26)23-18-6-8-19(9-7-18)24-14-4-5-21(15-24)27-3/h6-13,17,21,23H,4-5,14-16H2,1-3H3. The summed E-state index contributed by atoms with van der Waals surface area (Å²) in [6, 6.07) is 14.0. The lowest BCUT2D eigenvalue weighted by molar-refractivity contribution is 0.0893. The van der Waals surface area contributed by atoms with Crippen LogP contribution in [0.25, 0.3) is 0 Å². The summed E-state index contributed by atoms with van der Waals surface area (Å²) in [4.78, 5) is 2.48. The number of nitrogens with one attached hydrogen (secondary N) is 1. The highest BCUT2D eigenvalue weighted by atomic mass is 32.2. The van der Waals surface area contributed by atoms with Crippen molar-refractivity contribution in [3.05, 3.63) is 48.5 Å². The van der Waals surface area contributed by atoms with Crippen LogP contribution in [0.5, 0.6) is 5.75 Å². The molecule has 1 atom stereocenters. The van der Waals surface area contributed by atoms with Crippen LogP contribution >= 0.6 is 0 Å². The average molecular weight is 419 g/mol. The maximum atomic E-state index is 12.7. The number of nitrogens with zero attached hydrogens (tertiary/aromatic N) is 1. The Labute approximate surface area is 173 Å². The van der Waals surface area contributed by atoms with Gasteiger partial charge in [-0.1, -0.05) is 13.8 Å². The minimum absolute atomic E-state index is 0.206. The molecule has 29 heavy (non-hydrogen) atoms. The van der Waals surface area contributed by atoms with Gasteiger partial charge in [0.2, 0.25) is 0 Å². The Kier molecular flexibility index (Phi) is 7.03. The Morgan fingerprint density at radius 2 is 1.79 bits per heavy atom. The predicted octanol–water partition coefficient (Wildman–Crippen LogP) is 4.14. The van der Waals surface area contributed by atoms with E-state index in [0.717, 1.165) is 31.6 Å². The number of rotatable bonds is 8. The summed E-state index contributed by atoms with van der Waals surface area (Å²) in [5.41, 5.74) is 1.61. The third-order valence-corrected chi connectivity index (χ3v) is 6.31. The highest BCUT2D eigenvalue weighted by molar-refractivity contribution is 7.92. The number of ether oxygens (including phenoxy) is 2. The van der Waals surface area contributed by atoms with E-state index in [1.165, 1.54) is 0 Å². The quantitative estimate of drug-likeness (QED) is 0.698. The summed E-state index contributed by atoms with van der Waals surface area (Å²) >= 11 is 0. The number of sulfonamides is 1. The van der Waals surface area contributed by atoms with Crippen molar-refractivity contribution in [2.24, 2.45) is 5.92 Å². The molecule has 1 aliphatic heterocycles. The topological polar surface area (TPSA) is 67.9 Å². The van der Waals surface area contributed by atoms with Crippen LogP contribution in [0.1, 0.15) is 26.7 Å². The fraction of sp³-hybridized carbons (Fsp3) is 0.455. The molecular weight excluding hydrogens is 388 g/mol. The van der Waals surface area contributed by atoms with Crippen LogP contribution in [-0.2, 0) is 14.8 Å². The van der Waals surface area contributed by atoms with Gasteiger partial charge in [-0.05, 0) is 67.3 Å². The highest BCUT2D eigenvalue weighted by Gasteiger charge is 2.20. The smallest absolute Gasteiger partial charge is 0.261 e. The molecule has 0 bridgehead atoms. The molecule has 1 fully saturated rings. The van der Waals surface area contributed by atoms with Crippen molar-refractivity contribution in [2.75, 3.05) is 36.4 Å². The summed E-state index contributed by atoms with van der Waals surface area (Å²) in [5, 5.41) is 0. The zero-order valence-electron chi connectivity index (χ0n) is 17.3. The van der Waals surface area contributed by atoms with E-state index >= 15 is 0 Å². The van der Waals surface area contributed by atoms with E-state index in [0.29, 0.717) is 24.0 Å². The summed E-state index contributed by atoms with van der Waals surface area (Å²) < 4.78 is 39.1. The van der Waals surface area contributed by atoms with Crippen LogP contribution in [0.4, 0.5) is 11.4 Å². The summed E-state index contributed by atoms with van der Waals surface area (Å²) in [6.45, 7) is 6.56. The van der Waals surface area contributed by atoms with Crippen molar-refractivity contribution in [3.63, 3.8) is 0 Å². The minimum Gasteiger partial charge on any atom is -0.493 e. The Morgan fingerprint density at radius 1 is 1.10 bits per heavy atom. The van der Waals surface area contributed by atoms with E-state index in [2.05, 4.69) is 23.5 Å². The first-order valence-corrected chi connectivity index (χ1v) is 11.5. The second-order valence-corrected chi connectivity index (χ2v) is 9.46. The van der Waals surface area contributed by atoms with Crippen LogP contribution in [-0.4, -0.2) is 41.3 Å². The van der Waals surface area contributed by atoms with Crippen molar-refractivity contribution < 1.29 is 17.9 Å². The largest absolute Gasteiger partial charge is 0.493 e. The monoisotopic (exact) mass is 418 g/mol. The zero-order valence-corrected chi connectivity index (χ0v) is 18.1. The molecule has 2 aromatic rings. The Balaban J connectivity index is 1.64. The van der Waals surface area contributed by atoms with E-state index in [9.17, 15) is 8.42 Å². The molecule has 0 amide bonds. The van der Waals surface area contributed by atoms with Gasteiger partial charge in [0, 0.05) is 31.6 Å². The van der Waals surface area contributed by atoms with E-state index in [-0.39, 0.29) is 11.0 Å². The van der Waals surface area contributed by atoms with Crippen LogP contribution in [0.15, 0.2) is 53.4 Å². The lowest BCUT2D eigenvalue weighted by atomic mass is 10.1. The van der Waals surface area contributed by atoms with Gasteiger partial charge in [-0.15, -0.1) is 0 Å². The maximum absolute atomic E-state index is 12.7. The first kappa shape index (κ1) is 21.5. The molecule has 0 aromatic heterocycles. The van der Waals surface area contributed by atoms with Gasteiger partial charge in [0.15, 0.2) is 0 Å². The fourth-order valence-corrected chi connectivity index (χ4v) is 4.36. The van der Waals surface area contributed by atoms with Gasteiger partial charge in [-0.2, -0.15) is 0 Å². The number of benzene rings is 2. The van der Waals surface area contributed by atoms with Gasteiger partial charge in [0.25, 0.3) is 10.0 Å². The lowest BCUT2D eigenvalue weighted by Gasteiger charge is -2.33. The highest BCUT2D eigenvalue weighted by Crippen LogP contribution is 2.25. The molecule has 1 aliphatic rings. The molecule has 0 aliphatic carbocycles. The molecule has 0 spiro atoms. The molecular formula is C22H30N2O4S. The van der Waals surface area contributed by atoms with Gasteiger partial charge >= 0.3 is 0 Å². The first-order chi connectivity index (χ1) is 13.9. The third kappa shape index (κ3) is 5.87. The van der Waals surface area contributed by atoms with Gasteiger partial charge in [-0.3, -0.25) is 4.72 Å². The van der Waals surface area contributed by atoms with Gasteiger partial charge in [-0.25, -0.2) is 8.42 Å². The predicted molar refractivity (Wildman–Crippen MR) is 116 cm³/mol. The molecule has 7 heteroatoms. The van der Waals surface area contributed by atoms with Crippen molar-refractivity contribution >= 4 is 21.4 Å². The molecule has 6 nitrogen and oxygen atoms in total. The third-order valence-electron chi connectivity index (χ3n) is 4.91. The molecule has 0 radical (unpaired) electrons. The SMILES string of the molecule is COC1CCCN(c2ccc(NS(=O)(=O)c3ccc(OCC(C)C)cc3)cc2)C1. The van der Waals surface area contributed by atoms with Crippen LogP contribution in [0.2, 0.25) is 0 Å².